The van der Waals surface area contributed by atoms with Gasteiger partial charge in [0.15, 0.2) is 5.78 Å². The van der Waals surface area contributed by atoms with Crippen LogP contribution in [0.2, 0.25) is 0 Å². The summed E-state index contributed by atoms with van der Waals surface area (Å²) >= 11 is 0. The fourth-order valence-corrected chi connectivity index (χ4v) is 5.68. The zero-order valence-electron chi connectivity index (χ0n) is 18.9. The predicted molar refractivity (Wildman–Crippen MR) is 119 cm³/mol. The van der Waals surface area contributed by atoms with E-state index in [2.05, 4.69) is 9.97 Å². The summed E-state index contributed by atoms with van der Waals surface area (Å²) in [5.74, 6) is -2.23. The van der Waals surface area contributed by atoms with Gasteiger partial charge < -0.3 is 0 Å². The lowest BCUT2D eigenvalue weighted by Gasteiger charge is -2.22. The second kappa shape index (κ2) is 10.2. The van der Waals surface area contributed by atoms with Crippen LogP contribution in [0.5, 0.6) is 0 Å². The van der Waals surface area contributed by atoms with Crippen LogP contribution in [0.4, 0.5) is 26.3 Å². The molecule has 0 spiro atoms. The third-order valence-electron chi connectivity index (χ3n) is 5.86. The molecule has 4 rings (SSSR count). The molecule has 0 radical (unpaired) electrons. The molecule has 1 aliphatic heterocycles. The number of aryl methyl sites for hydroxylation is 1. The van der Waals surface area contributed by atoms with E-state index in [-0.39, 0.29) is 41.1 Å². The molecule has 2 aromatic heterocycles. The highest BCUT2D eigenvalue weighted by molar-refractivity contribution is 7.89. The molecule has 6 nitrogen and oxygen atoms in total. The Bertz CT molecular complexity index is 1400. The highest BCUT2D eigenvalue weighted by atomic mass is 32.2. The van der Waals surface area contributed by atoms with E-state index in [0.717, 1.165) is 46.8 Å². The third kappa shape index (κ3) is 5.99. The Morgan fingerprint density at radius 2 is 1.76 bits per heavy atom. The van der Waals surface area contributed by atoms with E-state index in [1.807, 2.05) is 0 Å². The molecule has 0 bridgehead atoms. The van der Waals surface area contributed by atoms with Crippen LogP contribution in [-0.4, -0.2) is 47.2 Å². The number of halogens is 6. The van der Waals surface area contributed by atoms with Gasteiger partial charge in [-0.15, -0.1) is 0 Å². The number of Topliss-reactive ketones (excluding diaryl/α,β-unsaturated/α-hetero) is 1. The topological polar surface area (TPSA) is 80.2 Å². The molecule has 0 amide bonds. The van der Waals surface area contributed by atoms with Crippen LogP contribution in [0.1, 0.15) is 24.1 Å². The maximum Gasteiger partial charge on any atom is 0.417 e. The molecule has 1 aliphatic rings. The molecule has 2 atom stereocenters. The van der Waals surface area contributed by atoms with Gasteiger partial charge in [-0.1, -0.05) is 0 Å². The van der Waals surface area contributed by atoms with Crippen LogP contribution in [-0.2, 0) is 27.4 Å². The molecule has 0 saturated carbocycles. The number of carbonyl (C=O) groups excluding carboxylic acids is 1. The highest BCUT2D eigenvalue weighted by Gasteiger charge is 2.43. The first-order valence-corrected chi connectivity index (χ1v) is 12.4. The van der Waals surface area contributed by atoms with Gasteiger partial charge in [-0.05, 0) is 48.9 Å². The summed E-state index contributed by atoms with van der Waals surface area (Å²) < 4.78 is 106. The lowest BCUT2D eigenvalue weighted by Crippen LogP contribution is -2.40. The molecule has 3 aromatic rings. The van der Waals surface area contributed by atoms with Gasteiger partial charge in [0.05, 0.1) is 22.2 Å². The van der Waals surface area contributed by atoms with Gasteiger partial charge in [0, 0.05) is 42.9 Å². The number of nitrogens with zero attached hydrogens (tertiary/aromatic N) is 3. The van der Waals surface area contributed by atoms with Gasteiger partial charge in [-0.25, -0.2) is 22.2 Å². The summed E-state index contributed by atoms with van der Waals surface area (Å²) in [6.07, 6.45) is -6.37. The van der Waals surface area contributed by atoms with Gasteiger partial charge in [-0.3, -0.25) is 9.78 Å². The Morgan fingerprint density at radius 1 is 1.05 bits per heavy atom. The van der Waals surface area contributed by atoms with Gasteiger partial charge in [0.25, 0.3) is 0 Å². The van der Waals surface area contributed by atoms with Crippen LogP contribution in [0.3, 0.4) is 0 Å². The summed E-state index contributed by atoms with van der Waals surface area (Å²) in [4.78, 5) is 20.0. The first-order valence-electron chi connectivity index (χ1n) is 11.0. The number of carbonyl (C=O) groups is 1. The maximum atomic E-state index is 14.2. The Morgan fingerprint density at radius 3 is 2.38 bits per heavy atom. The van der Waals surface area contributed by atoms with E-state index in [1.54, 1.807) is 0 Å². The molecule has 37 heavy (non-hydrogen) atoms. The number of sulfonamides is 1. The van der Waals surface area contributed by atoms with E-state index >= 15 is 0 Å². The SMILES string of the molecule is O=C(CCc1cc(-c2ccc(C(F)(F)F)cn2)cc(F)n1)[C@@H]1C[C@@H](F)CN1S(=O)(=O)c1ccc(F)cc1. The van der Waals surface area contributed by atoms with Crippen molar-refractivity contribution in [3.8, 4) is 11.3 Å². The van der Waals surface area contributed by atoms with Crippen molar-refractivity contribution < 1.29 is 39.6 Å². The van der Waals surface area contributed by atoms with Crippen molar-refractivity contribution in [2.45, 2.75) is 42.5 Å². The summed E-state index contributed by atoms with van der Waals surface area (Å²) in [6.45, 7) is -0.544. The molecular weight excluding hydrogens is 524 g/mol. The van der Waals surface area contributed by atoms with Crippen molar-refractivity contribution in [3.63, 3.8) is 0 Å². The number of hydrogen-bond acceptors (Lipinski definition) is 5. The molecule has 0 aliphatic carbocycles. The van der Waals surface area contributed by atoms with Crippen molar-refractivity contribution in [3.05, 3.63) is 77.8 Å². The number of benzene rings is 1. The monoisotopic (exact) mass is 543 g/mol. The van der Waals surface area contributed by atoms with Gasteiger partial charge in [0.2, 0.25) is 16.0 Å². The minimum absolute atomic E-state index is 0.0505. The molecule has 3 heterocycles. The van der Waals surface area contributed by atoms with E-state index in [4.69, 9.17) is 0 Å². The summed E-state index contributed by atoms with van der Waals surface area (Å²) in [5, 5.41) is 0. The second-order valence-corrected chi connectivity index (χ2v) is 10.3. The Kier molecular flexibility index (Phi) is 7.38. The van der Waals surface area contributed by atoms with Crippen molar-refractivity contribution in [1.82, 2.24) is 14.3 Å². The molecule has 1 aromatic carbocycles. The standard InChI is InChI=1S/C24H19F6N3O3S/c25-16-2-5-19(6-3-16)37(35,36)33-13-17(26)11-21(33)22(34)8-4-18-9-14(10-23(27)32-18)20-7-1-15(12-31-20)24(28,29)30/h1-3,5-7,9-10,12,17,21H,4,8,11,13H2/t17-,21+/m1/s1. The van der Waals surface area contributed by atoms with Crippen LogP contribution in [0, 0.1) is 11.8 Å². The largest absolute Gasteiger partial charge is 0.417 e. The predicted octanol–water partition coefficient (Wildman–Crippen LogP) is 4.74. The minimum atomic E-state index is -4.59. The number of hydrogen-bond donors (Lipinski definition) is 0. The lowest BCUT2D eigenvalue weighted by atomic mass is 10.0. The normalized spacial score (nSPS) is 18.8. The summed E-state index contributed by atoms with van der Waals surface area (Å²) in [5.41, 5.74) is -0.712. The highest BCUT2D eigenvalue weighted by Crippen LogP contribution is 2.31. The molecule has 0 N–H and O–H groups in total. The average Bonchev–Trinajstić information content (AvgIpc) is 3.25. The number of pyridine rings is 2. The molecule has 1 saturated heterocycles. The molecular formula is C24H19F6N3O3S. The number of aromatic nitrogens is 2. The Labute approximate surface area is 208 Å². The van der Waals surface area contributed by atoms with E-state index in [9.17, 15) is 39.6 Å². The van der Waals surface area contributed by atoms with Crippen molar-refractivity contribution in [2.24, 2.45) is 0 Å². The number of alkyl halides is 4. The van der Waals surface area contributed by atoms with Crippen LogP contribution in [0.15, 0.2) is 59.6 Å². The summed E-state index contributed by atoms with van der Waals surface area (Å²) in [7, 11) is -4.29. The molecule has 0 unspecified atom stereocenters. The first-order chi connectivity index (χ1) is 17.3. The minimum Gasteiger partial charge on any atom is -0.298 e. The average molecular weight is 543 g/mol. The zero-order valence-corrected chi connectivity index (χ0v) is 19.7. The zero-order chi connectivity index (χ0) is 27.0. The third-order valence-corrected chi connectivity index (χ3v) is 7.75. The Hall–Kier alpha value is -3.32. The smallest absolute Gasteiger partial charge is 0.298 e. The van der Waals surface area contributed by atoms with Gasteiger partial charge in [0.1, 0.15) is 12.0 Å². The van der Waals surface area contributed by atoms with Crippen LogP contribution < -0.4 is 0 Å². The lowest BCUT2D eigenvalue weighted by molar-refractivity contribution is -0.137. The summed E-state index contributed by atoms with van der Waals surface area (Å²) in [6, 6.07) is 6.80. The van der Waals surface area contributed by atoms with Gasteiger partial charge >= 0.3 is 6.18 Å². The van der Waals surface area contributed by atoms with E-state index in [0.29, 0.717) is 6.20 Å². The molecule has 196 valence electrons. The number of rotatable bonds is 7. The molecule has 1 fully saturated rings. The van der Waals surface area contributed by atoms with E-state index in [1.165, 1.54) is 6.07 Å². The second-order valence-electron chi connectivity index (χ2n) is 8.44. The first kappa shape index (κ1) is 26.7. The maximum absolute atomic E-state index is 14.2. The van der Waals surface area contributed by atoms with Crippen molar-refractivity contribution >= 4 is 15.8 Å². The molecule has 13 heteroatoms. The van der Waals surface area contributed by atoms with Crippen molar-refractivity contribution in [1.29, 1.82) is 0 Å². The fourth-order valence-electron chi connectivity index (χ4n) is 4.03. The van der Waals surface area contributed by atoms with E-state index < -0.39 is 58.1 Å². The van der Waals surface area contributed by atoms with Crippen molar-refractivity contribution in [2.75, 3.05) is 6.54 Å². The van der Waals surface area contributed by atoms with Gasteiger partial charge in [-0.2, -0.15) is 21.9 Å². The quantitative estimate of drug-likeness (QED) is 0.318. The number of ketones is 1. The fraction of sp³-hybridized carbons (Fsp3) is 0.292. The van der Waals surface area contributed by atoms with Crippen LogP contribution >= 0.6 is 0 Å². The Balaban J connectivity index is 1.50. The van der Waals surface area contributed by atoms with Crippen LogP contribution in [0.25, 0.3) is 11.3 Å².